The van der Waals surface area contributed by atoms with E-state index in [-0.39, 0.29) is 16.5 Å². The first-order valence-electron chi connectivity index (χ1n) is 7.74. The fraction of sp³-hybridized carbons (Fsp3) is 0.0556. The molecule has 0 atom stereocenters. The van der Waals surface area contributed by atoms with Gasteiger partial charge in [-0.15, -0.1) is 0 Å². The highest BCUT2D eigenvalue weighted by Gasteiger charge is 2.15. The van der Waals surface area contributed by atoms with Gasteiger partial charge < -0.3 is 9.47 Å². The minimum absolute atomic E-state index is 0.0214. The van der Waals surface area contributed by atoms with Crippen LogP contribution in [0.25, 0.3) is 0 Å². The fourth-order valence-corrected chi connectivity index (χ4v) is 3.20. The maximum Gasteiger partial charge on any atom is 0.337 e. The number of rotatable bonds is 6. The summed E-state index contributed by atoms with van der Waals surface area (Å²) in [6.07, 6.45) is 3.10. The SMILES string of the molecule is COC(=O)c1ccc(S(=O)(=O)Nc2ccc(Oc3ncccn3)cc2)cc1. The second kappa shape index (κ2) is 7.83. The summed E-state index contributed by atoms with van der Waals surface area (Å²) in [5.74, 6) is -0.0727. The molecule has 0 saturated heterocycles. The van der Waals surface area contributed by atoms with Crippen LogP contribution >= 0.6 is 0 Å². The maximum atomic E-state index is 12.4. The minimum atomic E-state index is -3.80. The number of nitrogens with one attached hydrogen (secondary N) is 1. The van der Waals surface area contributed by atoms with Gasteiger partial charge in [0.15, 0.2) is 0 Å². The summed E-state index contributed by atoms with van der Waals surface area (Å²) in [4.78, 5) is 19.3. The van der Waals surface area contributed by atoms with Crippen molar-refractivity contribution < 1.29 is 22.7 Å². The molecule has 27 heavy (non-hydrogen) atoms. The van der Waals surface area contributed by atoms with Gasteiger partial charge in [-0.25, -0.2) is 23.2 Å². The van der Waals surface area contributed by atoms with Crippen molar-refractivity contribution in [1.82, 2.24) is 9.97 Å². The van der Waals surface area contributed by atoms with E-state index >= 15 is 0 Å². The van der Waals surface area contributed by atoms with Crippen molar-refractivity contribution in [3.05, 3.63) is 72.6 Å². The van der Waals surface area contributed by atoms with Gasteiger partial charge in [0.05, 0.1) is 17.6 Å². The predicted octanol–water partition coefficient (Wildman–Crippen LogP) is 2.86. The molecule has 8 nitrogen and oxygen atoms in total. The standard InChI is InChI=1S/C18H15N3O5S/c1-25-17(22)13-3-9-16(10-4-13)27(23,24)21-14-5-7-15(8-6-14)26-18-19-11-2-12-20-18/h2-12,21H,1H3. The van der Waals surface area contributed by atoms with Gasteiger partial charge in [0.25, 0.3) is 10.0 Å². The summed E-state index contributed by atoms with van der Waals surface area (Å²) in [6.45, 7) is 0. The molecule has 0 saturated carbocycles. The van der Waals surface area contributed by atoms with Crippen LogP contribution in [0.5, 0.6) is 11.8 Å². The summed E-state index contributed by atoms with van der Waals surface area (Å²) in [5.41, 5.74) is 0.620. The predicted molar refractivity (Wildman–Crippen MR) is 97.1 cm³/mol. The Hall–Kier alpha value is -3.46. The Kier molecular flexibility index (Phi) is 5.32. The number of benzene rings is 2. The Labute approximate surface area is 155 Å². The molecule has 0 fully saturated rings. The molecule has 0 radical (unpaired) electrons. The Morgan fingerprint density at radius 2 is 1.59 bits per heavy atom. The molecule has 0 aliphatic rings. The molecule has 0 bridgehead atoms. The van der Waals surface area contributed by atoms with E-state index in [1.54, 1.807) is 42.7 Å². The number of sulfonamides is 1. The fourth-order valence-electron chi connectivity index (χ4n) is 2.14. The van der Waals surface area contributed by atoms with Crippen molar-refractivity contribution in [1.29, 1.82) is 0 Å². The number of carbonyl (C=O) groups excluding carboxylic acids is 1. The van der Waals surface area contributed by atoms with Crippen LogP contribution in [0.1, 0.15) is 10.4 Å². The Morgan fingerprint density at radius 3 is 2.19 bits per heavy atom. The van der Waals surface area contributed by atoms with Crippen LogP contribution in [-0.2, 0) is 14.8 Å². The van der Waals surface area contributed by atoms with Gasteiger partial charge in [0.1, 0.15) is 5.75 Å². The van der Waals surface area contributed by atoms with Crippen molar-refractivity contribution in [2.24, 2.45) is 0 Å². The Bertz CT molecular complexity index is 1020. The summed E-state index contributed by atoms with van der Waals surface area (Å²) in [5, 5.41) is 0. The number of aromatic nitrogens is 2. The summed E-state index contributed by atoms with van der Waals surface area (Å²) < 4.78 is 37.4. The molecule has 0 amide bonds. The Balaban J connectivity index is 1.71. The lowest BCUT2D eigenvalue weighted by atomic mass is 10.2. The van der Waals surface area contributed by atoms with Crippen LogP contribution in [0.4, 0.5) is 5.69 Å². The molecule has 1 heterocycles. The molecule has 1 N–H and O–H groups in total. The number of carbonyl (C=O) groups is 1. The second-order valence-corrected chi connectivity index (χ2v) is 6.96. The first kappa shape index (κ1) is 18.3. The highest BCUT2D eigenvalue weighted by atomic mass is 32.2. The molecule has 2 aromatic carbocycles. The zero-order chi connectivity index (χ0) is 19.3. The summed E-state index contributed by atoms with van der Waals surface area (Å²) >= 11 is 0. The first-order chi connectivity index (χ1) is 13.0. The van der Waals surface area contributed by atoms with Crippen LogP contribution in [0.15, 0.2) is 71.9 Å². The van der Waals surface area contributed by atoms with Gasteiger partial charge in [0.2, 0.25) is 0 Å². The van der Waals surface area contributed by atoms with E-state index in [2.05, 4.69) is 19.4 Å². The largest absolute Gasteiger partial charge is 0.465 e. The number of hydrogen-bond acceptors (Lipinski definition) is 7. The van der Waals surface area contributed by atoms with Gasteiger partial charge >= 0.3 is 12.0 Å². The average Bonchev–Trinajstić information content (AvgIpc) is 2.69. The highest BCUT2D eigenvalue weighted by molar-refractivity contribution is 7.92. The third-order valence-corrected chi connectivity index (χ3v) is 4.84. The third-order valence-electron chi connectivity index (χ3n) is 3.44. The molecule has 1 aromatic heterocycles. The van der Waals surface area contributed by atoms with Crippen molar-refractivity contribution in [2.75, 3.05) is 11.8 Å². The van der Waals surface area contributed by atoms with Crippen molar-refractivity contribution in [2.45, 2.75) is 4.90 Å². The highest BCUT2D eigenvalue weighted by Crippen LogP contribution is 2.22. The monoisotopic (exact) mass is 385 g/mol. The van der Waals surface area contributed by atoms with E-state index in [9.17, 15) is 13.2 Å². The van der Waals surface area contributed by atoms with Crippen LogP contribution in [0, 0.1) is 0 Å². The topological polar surface area (TPSA) is 107 Å². The number of ether oxygens (including phenoxy) is 2. The lowest BCUT2D eigenvalue weighted by molar-refractivity contribution is 0.0600. The zero-order valence-corrected chi connectivity index (χ0v) is 15.0. The van der Waals surface area contributed by atoms with Crippen molar-refractivity contribution >= 4 is 21.7 Å². The van der Waals surface area contributed by atoms with Crippen LogP contribution in [0.3, 0.4) is 0 Å². The molecule has 3 aromatic rings. The lowest BCUT2D eigenvalue weighted by Crippen LogP contribution is -2.13. The quantitative estimate of drug-likeness (QED) is 0.650. The van der Waals surface area contributed by atoms with E-state index in [4.69, 9.17) is 4.74 Å². The van der Waals surface area contributed by atoms with Crippen molar-refractivity contribution in [3.8, 4) is 11.8 Å². The number of esters is 1. The van der Waals surface area contributed by atoms with Gasteiger partial charge in [-0.3, -0.25) is 4.72 Å². The summed E-state index contributed by atoms with van der Waals surface area (Å²) in [6, 6.07) is 13.6. The molecule has 138 valence electrons. The van der Waals surface area contributed by atoms with Crippen LogP contribution in [-0.4, -0.2) is 31.5 Å². The maximum absolute atomic E-state index is 12.4. The van der Waals surface area contributed by atoms with Crippen molar-refractivity contribution in [3.63, 3.8) is 0 Å². The molecular weight excluding hydrogens is 370 g/mol. The summed E-state index contributed by atoms with van der Waals surface area (Å²) in [7, 11) is -2.55. The third kappa shape index (κ3) is 4.59. The Morgan fingerprint density at radius 1 is 0.963 bits per heavy atom. The normalized spacial score (nSPS) is 10.9. The van der Waals surface area contributed by atoms with E-state index in [1.807, 2.05) is 0 Å². The second-order valence-electron chi connectivity index (χ2n) is 5.28. The molecule has 9 heteroatoms. The number of anilines is 1. The number of hydrogen-bond donors (Lipinski definition) is 1. The number of methoxy groups -OCH3 is 1. The average molecular weight is 385 g/mol. The lowest BCUT2D eigenvalue weighted by Gasteiger charge is -2.09. The van der Waals surface area contributed by atoms with E-state index in [1.165, 1.54) is 31.4 Å². The van der Waals surface area contributed by atoms with Crippen LogP contribution < -0.4 is 9.46 Å². The van der Waals surface area contributed by atoms with Crippen LogP contribution in [0.2, 0.25) is 0 Å². The molecule has 3 rings (SSSR count). The first-order valence-corrected chi connectivity index (χ1v) is 9.22. The van der Waals surface area contributed by atoms with Gasteiger partial charge in [-0.1, -0.05) is 0 Å². The zero-order valence-electron chi connectivity index (χ0n) is 14.2. The smallest absolute Gasteiger partial charge is 0.337 e. The van der Waals surface area contributed by atoms with Gasteiger partial charge in [-0.2, -0.15) is 0 Å². The van der Waals surface area contributed by atoms with E-state index in [0.717, 1.165) is 0 Å². The molecule has 0 aliphatic heterocycles. The van der Waals surface area contributed by atoms with E-state index in [0.29, 0.717) is 11.4 Å². The minimum Gasteiger partial charge on any atom is -0.465 e. The molecule has 0 aliphatic carbocycles. The molecular formula is C18H15N3O5S. The van der Waals surface area contributed by atoms with Gasteiger partial charge in [0, 0.05) is 18.1 Å². The molecule has 0 unspecified atom stereocenters. The number of nitrogens with zero attached hydrogens (tertiary/aromatic N) is 2. The van der Waals surface area contributed by atoms with Gasteiger partial charge in [-0.05, 0) is 54.6 Å². The molecule has 0 spiro atoms. The van der Waals surface area contributed by atoms with E-state index < -0.39 is 16.0 Å².